The van der Waals surface area contributed by atoms with E-state index >= 15 is 4.39 Å². The number of carbonyl (C=O) groups excluding carboxylic acids is 1. The summed E-state index contributed by atoms with van der Waals surface area (Å²) < 4.78 is 27.3. The van der Waals surface area contributed by atoms with Gasteiger partial charge < -0.3 is 20.1 Å². The molecule has 2 aliphatic rings. The molecule has 176 valence electrons. The Kier molecular flexibility index (Phi) is 5.61. The monoisotopic (exact) mass is 477 g/mol. The fraction of sp³-hybridized carbons (Fsp3) is 0.524. The number of imidazole rings is 1. The van der Waals surface area contributed by atoms with Crippen LogP contribution in [0.1, 0.15) is 49.9 Å². The molecule has 0 radical (unpaired) electrons. The lowest BCUT2D eigenvalue weighted by molar-refractivity contribution is 0.0546. The summed E-state index contributed by atoms with van der Waals surface area (Å²) in [6.07, 6.45) is 3.46. The predicted octanol–water partition coefficient (Wildman–Crippen LogP) is 3.86. The standard InChI is InChI=1S/C21H25ClFN7O3/c1-21(5-6-21)27-20(31)33-15-4-3-12(17(15)23)14-7-16(29-28-14)26-19-24-8-13(22)18-25-11(10-32-2)9-30(18)19/h7-9,12,15,17H,3-6,10H2,1-2H3,(H,27,31)(H2,24,26,28,29)/t12-,15-,17-/m0/s1. The molecule has 0 bridgehead atoms. The molecule has 3 aromatic rings. The average molecular weight is 478 g/mol. The van der Waals surface area contributed by atoms with Crippen molar-refractivity contribution in [2.24, 2.45) is 0 Å². The van der Waals surface area contributed by atoms with Gasteiger partial charge in [-0.25, -0.2) is 19.2 Å². The number of hydrogen-bond acceptors (Lipinski definition) is 7. The van der Waals surface area contributed by atoms with Gasteiger partial charge in [-0.15, -0.1) is 0 Å². The van der Waals surface area contributed by atoms with E-state index in [0.717, 1.165) is 12.8 Å². The molecule has 2 fully saturated rings. The van der Waals surface area contributed by atoms with Crippen molar-refractivity contribution in [2.45, 2.75) is 62.9 Å². The highest BCUT2D eigenvalue weighted by Gasteiger charge is 2.43. The number of aromatic nitrogens is 5. The quantitative estimate of drug-likeness (QED) is 0.472. The maximum Gasteiger partial charge on any atom is 0.407 e. The molecular weight excluding hydrogens is 453 g/mol. The minimum atomic E-state index is -1.32. The zero-order chi connectivity index (χ0) is 23.2. The summed E-state index contributed by atoms with van der Waals surface area (Å²) in [5, 5.41) is 13.5. The first-order valence-electron chi connectivity index (χ1n) is 10.8. The lowest BCUT2D eigenvalue weighted by atomic mass is 10.0. The van der Waals surface area contributed by atoms with Crippen LogP contribution < -0.4 is 10.6 Å². The van der Waals surface area contributed by atoms with Crippen LogP contribution in [0.2, 0.25) is 5.02 Å². The molecule has 0 unspecified atom stereocenters. The number of hydrogen-bond donors (Lipinski definition) is 3. The van der Waals surface area contributed by atoms with Crippen LogP contribution in [0.4, 0.5) is 21.0 Å². The van der Waals surface area contributed by atoms with E-state index in [4.69, 9.17) is 21.1 Å². The number of nitrogens with one attached hydrogen (secondary N) is 3. The molecule has 12 heteroatoms. The first-order chi connectivity index (χ1) is 15.8. The summed E-state index contributed by atoms with van der Waals surface area (Å²) in [6.45, 7) is 2.29. The van der Waals surface area contributed by atoms with E-state index in [1.807, 2.05) is 6.92 Å². The Morgan fingerprint density at radius 1 is 1.42 bits per heavy atom. The van der Waals surface area contributed by atoms with Gasteiger partial charge in [0.2, 0.25) is 5.95 Å². The van der Waals surface area contributed by atoms with Gasteiger partial charge in [-0.05, 0) is 32.6 Å². The Balaban J connectivity index is 1.27. The molecule has 5 rings (SSSR count). The van der Waals surface area contributed by atoms with E-state index in [9.17, 15) is 4.79 Å². The molecule has 3 heterocycles. The van der Waals surface area contributed by atoms with Crippen molar-refractivity contribution >= 4 is 35.1 Å². The SMILES string of the molecule is COCc1cn2c(Nc3cc([C@@H]4CC[C@H](OC(=O)NC5(C)CC5)[C@H]4F)[nH]n3)ncc(Cl)c2n1. The van der Waals surface area contributed by atoms with Crippen LogP contribution in [0.3, 0.4) is 0 Å². The number of methoxy groups -OCH3 is 1. The van der Waals surface area contributed by atoms with Crippen LogP contribution in [0, 0.1) is 0 Å². The van der Waals surface area contributed by atoms with Crippen LogP contribution >= 0.6 is 11.6 Å². The van der Waals surface area contributed by atoms with E-state index in [1.54, 1.807) is 23.8 Å². The molecule has 10 nitrogen and oxygen atoms in total. The molecule has 33 heavy (non-hydrogen) atoms. The molecule has 2 aliphatic carbocycles. The smallest absolute Gasteiger partial charge is 0.407 e. The number of amides is 1. The van der Waals surface area contributed by atoms with E-state index in [0.29, 0.717) is 53.3 Å². The molecule has 1 amide bonds. The lowest BCUT2D eigenvalue weighted by Crippen LogP contribution is -2.38. The van der Waals surface area contributed by atoms with Crippen molar-refractivity contribution < 1.29 is 18.7 Å². The molecule has 0 aliphatic heterocycles. The normalized spacial score (nSPS) is 23.6. The molecular formula is C21H25ClFN7O3. The van der Waals surface area contributed by atoms with Gasteiger partial charge in [0.05, 0.1) is 18.5 Å². The van der Waals surface area contributed by atoms with Gasteiger partial charge in [0.1, 0.15) is 17.3 Å². The van der Waals surface area contributed by atoms with Gasteiger partial charge in [0.25, 0.3) is 0 Å². The molecule has 0 spiro atoms. The van der Waals surface area contributed by atoms with Crippen molar-refractivity contribution in [1.29, 1.82) is 0 Å². The van der Waals surface area contributed by atoms with E-state index < -0.39 is 24.3 Å². The Bertz CT molecular complexity index is 1180. The second kappa shape index (κ2) is 8.45. The van der Waals surface area contributed by atoms with E-state index in [-0.39, 0.29) is 5.54 Å². The maximum atomic E-state index is 15.1. The van der Waals surface area contributed by atoms with E-state index in [1.165, 1.54) is 6.20 Å². The first-order valence-corrected chi connectivity index (χ1v) is 11.2. The minimum absolute atomic E-state index is 0.203. The number of nitrogens with zero attached hydrogens (tertiary/aromatic N) is 4. The summed E-state index contributed by atoms with van der Waals surface area (Å²) >= 11 is 6.22. The number of anilines is 2. The maximum absolute atomic E-state index is 15.1. The second-order valence-electron chi connectivity index (χ2n) is 8.88. The van der Waals surface area contributed by atoms with Gasteiger partial charge >= 0.3 is 6.09 Å². The summed E-state index contributed by atoms with van der Waals surface area (Å²) in [5.41, 5.74) is 1.66. The number of halogens is 2. The third kappa shape index (κ3) is 4.47. The number of rotatable bonds is 7. The van der Waals surface area contributed by atoms with E-state index in [2.05, 4.69) is 30.8 Å². The summed E-state index contributed by atoms with van der Waals surface area (Å²) in [6, 6.07) is 1.74. The Morgan fingerprint density at radius 2 is 2.24 bits per heavy atom. The van der Waals surface area contributed by atoms with Crippen molar-refractivity contribution in [2.75, 3.05) is 12.4 Å². The summed E-state index contributed by atoms with van der Waals surface area (Å²) in [7, 11) is 1.59. The van der Waals surface area contributed by atoms with Crippen molar-refractivity contribution in [1.82, 2.24) is 29.9 Å². The molecule has 0 saturated heterocycles. The van der Waals surface area contributed by atoms with Gasteiger partial charge in [0.15, 0.2) is 11.5 Å². The number of aromatic amines is 1. The molecule has 2 saturated carbocycles. The minimum Gasteiger partial charge on any atom is -0.443 e. The zero-order valence-electron chi connectivity index (χ0n) is 18.3. The highest BCUT2D eigenvalue weighted by Crippen LogP contribution is 2.39. The second-order valence-corrected chi connectivity index (χ2v) is 9.29. The molecule has 3 aromatic heterocycles. The van der Waals surface area contributed by atoms with Crippen molar-refractivity contribution in [3.63, 3.8) is 0 Å². The number of alkyl carbamates (subject to hydrolysis) is 1. The van der Waals surface area contributed by atoms with Crippen LogP contribution in [0.15, 0.2) is 18.5 Å². The largest absolute Gasteiger partial charge is 0.443 e. The lowest BCUT2D eigenvalue weighted by Gasteiger charge is -2.19. The number of H-pyrrole nitrogens is 1. The van der Waals surface area contributed by atoms with Crippen LogP contribution in [-0.2, 0) is 16.1 Å². The van der Waals surface area contributed by atoms with Crippen molar-refractivity contribution in [3.8, 4) is 0 Å². The third-order valence-corrected chi connectivity index (χ3v) is 6.46. The fourth-order valence-corrected chi connectivity index (χ4v) is 4.29. The molecule has 3 atom stereocenters. The number of fused-ring (bicyclic) bond motifs is 1. The van der Waals surface area contributed by atoms with Gasteiger partial charge in [0, 0.05) is 36.5 Å². The van der Waals surface area contributed by atoms with Crippen LogP contribution in [0.5, 0.6) is 0 Å². The molecule has 3 N–H and O–H groups in total. The zero-order valence-corrected chi connectivity index (χ0v) is 19.0. The van der Waals surface area contributed by atoms with Crippen molar-refractivity contribution in [3.05, 3.63) is 34.9 Å². The predicted molar refractivity (Wildman–Crippen MR) is 118 cm³/mol. The van der Waals surface area contributed by atoms with Gasteiger partial charge in [-0.1, -0.05) is 11.6 Å². The highest BCUT2D eigenvalue weighted by molar-refractivity contribution is 6.33. The highest BCUT2D eigenvalue weighted by atomic mass is 35.5. The summed E-state index contributed by atoms with van der Waals surface area (Å²) in [5.74, 6) is 0.484. The van der Waals surface area contributed by atoms with Crippen LogP contribution in [-0.4, -0.2) is 55.6 Å². The van der Waals surface area contributed by atoms with Crippen LogP contribution in [0.25, 0.3) is 5.65 Å². The Labute approximate surface area is 194 Å². The third-order valence-electron chi connectivity index (χ3n) is 6.19. The average Bonchev–Trinajstić information content (AvgIpc) is 3.15. The van der Waals surface area contributed by atoms with Gasteiger partial charge in [-0.3, -0.25) is 9.50 Å². The summed E-state index contributed by atoms with van der Waals surface area (Å²) in [4.78, 5) is 20.8. The Morgan fingerprint density at radius 3 is 3.00 bits per heavy atom. The fourth-order valence-electron chi connectivity index (χ4n) is 4.11. The number of alkyl halides is 1. The molecule has 0 aromatic carbocycles. The van der Waals surface area contributed by atoms with Gasteiger partial charge in [-0.2, -0.15) is 5.10 Å². The topological polar surface area (TPSA) is 118 Å². The first kappa shape index (κ1) is 21.9. The number of carbonyl (C=O) groups is 1. The number of ether oxygens (including phenoxy) is 2. The Hall–Kier alpha value is -2.92.